The van der Waals surface area contributed by atoms with Gasteiger partial charge in [0.1, 0.15) is 0 Å². The number of hydrogen-bond donors (Lipinski definition) is 1. The van der Waals surface area contributed by atoms with Crippen LogP contribution >= 0.6 is 0 Å². The number of hydrogen-bond acceptors (Lipinski definition) is 3. The molecule has 0 bridgehead atoms. The van der Waals surface area contributed by atoms with Crippen LogP contribution in [-0.4, -0.2) is 33.7 Å². The summed E-state index contributed by atoms with van der Waals surface area (Å²) in [4.78, 5) is 14.3. The van der Waals surface area contributed by atoms with E-state index in [1.807, 2.05) is 4.90 Å². The van der Waals surface area contributed by atoms with Crippen molar-refractivity contribution in [2.24, 2.45) is 18.9 Å². The molecule has 0 fully saturated rings. The predicted octanol–water partition coefficient (Wildman–Crippen LogP) is 1.76. The minimum absolute atomic E-state index is 0.0736. The Balaban J connectivity index is 2.91. The van der Waals surface area contributed by atoms with Crippen molar-refractivity contribution < 1.29 is 4.79 Å². The maximum atomic E-state index is 12.4. The summed E-state index contributed by atoms with van der Waals surface area (Å²) < 4.78 is 1.57. The molecule has 1 aromatic rings. The van der Waals surface area contributed by atoms with E-state index in [4.69, 9.17) is 5.73 Å². The average molecular weight is 252 g/mol. The van der Waals surface area contributed by atoms with Gasteiger partial charge in [0.25, 0.3) is 5.91 Å². The maximum absolute atomic E-state index is 12.4. The molecule has 102 valence electrons. The number of rotatable bonds is 5. The van der Waals surface area contributed by atoms with Crippen molar-refractivity contribution in [1.29, 1.82) is 0 Å². The van der Waals surface area contributed by atoms with E-state index < -0.39 is 0 Å². The first-order valence-electron chi connectivity index (χ1n) is 6.39. The third kappa shape index (κ3) is 3.75. The van der Waals surface area contributed by atoms with Crippen molar-refractivity contribution in [1.82, 2.24) is 14.7 Å². The Kier molecular flexibility index (Phi) is 4.76. The Hall–Kier alpha value is -1.52. The first-order valence-corrected chi connectivity index (χ1v) is 6.39. The van der Waals surface area contributed by atoms with E-state index in [9.17, 15) is 4.79 Å². The van der Waals surface area contributed by atoms with Gasteiger partial charge in [-0.25, -0.2) is 0 Å². The number of aromatic nitrogens is 2. The molecule has 0 saturated carbocycles. The Morgan fingerprint density at radius 1 is 1.33 bits per heavy atom. The highest BCUT2D eigenvalue weighted by molar-refractivity contribution is 5.97. The van der Waals surface area contributed by atoms with Crippen molar-refractivity contribution in [2.75, 3.05) is 18.8 Å². The number of anilines is 1. The van der Waals surface area contributed by atoms with E-state index in [0.29, 0.717) is 23.2 Å². The minimum atomic E-state index is -0.0736. The molecule has 1 rings (SSSR count). The van der Waals surface area contributed by atoms with Gasteiger partial charge in [0.05, 0.1) is 5.69 Å². The highest BCUT2D eigenvalue weighted by atomic mass is 16.2. The summed E-state index contributed by atoms with van der Waals surface area (Å²) in [6.07, 6.45) is 1.66. The molecule has 0 atom stereocenters. The molecule has 0 radical (unpaired) electrons. The van der Waals surface area contributed by atoms with Crippen LogP contribution < -0.4 is 5.73 Å². The molecule has 1 amide bonds. The van der Waals surface area contributed by atoms with Crippen LogP contribution in [0.2, 0.25) is 0 Å². The van der Waals surface area contributed by atoms with Crippen LogP contribution in [0.5, 0.6) is 0 Å². The van der Waals surface area contributed by atoms with Crippen LogP contribution in [-0.2, 0) is 7.05 Å². The first-order chi connectivity index (χ1) is 8.31. The second-order valence-corrected chi connectivity index (χ2v) is 5.60. The van der Waals surface area contributed by atoms with Crippen LogP contribution in [0.15, 0.2) is 6.20 Å². The highest BCUT2D eigenvalue weighted by Gasteiger charge is 2.22. The van der Waals surface area contributed by atoms with Gasteiger partial charge in [-0.15, -0.1) is 0 Å². The molecule has 0 aliphatic carbocycles. The molecule has 0 aromatic carbocycles. The molecule has 0 unspecified atom stereocenters. The van der Waals surface area contributed by atoms with Gasteiger partial charge in [0.15, 0.2) is 5.69 Å². The third-order valence-electron chi connectivity index (χ3n) is 2.52. The Morgan fingerprint density at radius 2 is 1.83 bits per heavy atom. The average Bonchev–Trinajstić information content (AvgIpc) is 2.54. The van der Waals surface area contributed by atoms with E-state index in [2.05, 4.69) is 32.8 Å². The van der Waals surface area contributed by atoms with Crippen LogP contribution in [0.4, 0.5) is 5.69 Å². The summed E-state index contributed by atoms with van der Waals surface area (Å²) in [5.74, 6) is 0.783. The normalized spacial score (nSPS) is 11.3. The lowest BCUT2D eigenvalue weighted by Gasteiger charge is -2.25. The number of carbonyl (C=O) groups excluding carboxylic acids is 1. The smallest absolute Gasteiger partial charge is 0.276 e. The van der Waals surface area contributed by atoms with Crippen LogP contribution in [0.25, 0.3) is 0 Å². The molecular formula is C13H24N4O. The van der Waals surface area contributed by atoms with E-state index in [1.165, 1.54) is 0 Å². The van der Waals surface area contributed by atoms with E-state index in [-0.39, 0.29) is 5.91 Å². The van der Waals surface area contributed by atoms with E-state index in [0.717, 1.165) is 13.1 Å². The standard InChI is InChI=1S/C13H24N4O/c1-9(2)6-17(7-10(3)4)13(18)12-11(14)8-16(5)15-12/h8-10H,6-7,14H2,1-5H3. The van der Waals surface area contributed by atoms with Gasteiger partial charge in [0.2, 0.25) is 0 Å². The van der Waals surface area contributed by atoms with Gasteiger partial charge < -0.3 is 10.6 Å². The zero-order chi connectivity index (χ0) is 13.9. The molecule has 0 spiro atoms. The van der Waals surface area contributed by atoms with Crippen molar-refractivity contribution >= 4 is 11.6 Å². The molecule has 0 aliphatic heterocycles. The predicted molar refractivity (Wildman–Crippen MR) is 73.2 cm³/mol. The number of aryl methyl sites for hydroxylation is 1. The summed E-state index contributed by atoms with van der Waals surface area (Å²) in [6.45, 7) is 9.86. The number of nitrogens with two attached hydrogens (primary N) is 1. The Morgan fingerprint density at radius 3 is 2.17 bits per heavy atom. The van der Waals surface area contributed by atoms with Crippen molar-refractivity contribution in [3.05, 3.63) is 11.9 Å². The molecular weight excluding hydrogens is 228 g/mol. The summed E-state index contributed by atoms with van der Waals surface area (Å²) >= 11 is 0. The number of amides is 1. The molecule has 2 N–H and O–H groups in total. The van der Waals surface area contributed by atoms with E-state index >= 15 is 0 Å². The number of nitrogen functional groups attached to an aromatic ring is 1. The molecule has 0 saturated heterocycles. The first kappa shape index (κ1) is 14.5. The van der Waals surface area contributed by atoms with Crippen molar-refractivity contribution in [3.63, 3.8) is 0 Å². The zero-order valence-electron chi connectivity index (χ0n) is 12.0. The summed E-state index contributed by atoms with van der Waals surface area (Å²) in [7, 11) is 1.77. The van der Waals surface area contributed by atoms with Gasteiger partial charge in [0, 0.05) is 26.3 Å². The van der Waals surface area contributed by atoms with Crippen molar-refractivity contribution in [3.8, 4) is 0 Å². The SMILES string of the molecule is CC(C)CN(CC(C)C)C(=O)c1nn(C)cc1N. The number of carbonyl (C=O) groups is 1. The van der Waals surface area contributed by atoms with Gasteiger partial charge in [-0.05, 0) is 11.8 Å². The largest absolute Gasteiger partial charge is 0.396 e. The van der Waals surface area contributed by atoms with Gasteiger partial charge >= 0.3 is 0 Å². The monoisotopic (exact) mass is 252 g/mol. The Labute approximate surface area is 109 Å². The molecule has 18 heavy (non-hydrogen) atoms. The summed E-state index contributed by atoms with van der Waals surface area (Å²) in [5.41, 5.74) is 6.62. The number of nitrogens with zero attached hydrogens (tertiary/aromatic N) is 3. The lowest BCUT2D eigenvalue weighted by Crippen LogP contribution is -2.37. The Bertz CT molecular complexity index is 399. The summed E-state index contributed by atoms with van der Waals surface area (Å²) in [6, 6.07) is 0. The summed E-state index contributed by atoms with van der Waals surface area (Å²) in [5, 5.41) is 4.15. The quantitative estimate of drug-likeness (QED) is 0.868. The topological polar surface area (TPSA) is 64.2 Å². The van der Waals surface area contributed by atoms with Crippen LogP contribution in [0.3, 0.4) is 0 Å². The molecule has 1 heterocycles. The molecule has 5 nitrogen and oxygen atoms in total. The van der Waals surface area contributed by atoms with Crippen LogP contribution in [0, 0.1) is 11.8 Å². The van der Waals surface area contributed by atoms with Gasteiger partial charge in [-0.1, -0.05) is 27.7 Å². The third-order valence-corrected chi connectivity index (χ3v) is 2.52. The fourth-order valence-corrected chi connectivity index (χ4v) is 1.94. The molecule has 5 heteroatoms. The van der Waals surface area contributed by atoms with Gasteiger partial charge in [-0.3, -0.25) is 9.48 Å². The minimum Gasteiger partial charge on any atom is -0.396 e. The fourth-order valence-electron chi connectivity index (χ4n) is 1.94. The second-order valence-electron chi connectivity index (χ2n) is 5.60. The lowest BCUT2D eigenvalue weighted by molar-refractivity contribution is 0.0709. The van der Waals surface area contributed by atoms with Gasteiger partial charge in [-0.2, -0.15) is 5.10 Å². The fraction of sp³-hybridized carbons (Fsp3) is 0.692. The lowest BCUT2D eigenvalue weighted by atomic mass is 10.1. The van der Waals surface area contributed by atoms with Crippen molar-refractivity contribution in [2.45, 2.75) is 27.7 Å². The second kappa shape index (κ2) is 5.89. The van der Waals surface area contributed by atoms with E-state index in [1.54, 1.807) is 17.9 Å². The molecule has 1 aromatic heterocycles. The van der Waals surface area contributed by atoms with Crippen LogP contribution in [0.1, 0.15) is 38.2 Å². The molecule has 0 aliphatic rings. The highest BCUT2D eigenvalue weighted by Crippen LogP contribution is 2.14. The zero-order valence-corrected chi connectivity index (χ0v) is 12.0. The maximum Gasteiger partial charge on any atom is 0.276 e.